The fourth-order valence-electron chi connectivity index (χ4n) is 2.69. The minimum absolute atomic E-state index is 0. The molecule has 26 heavy (non-hydrogen) atoms. The van der Waals surface area contributed by atoms with Crippen LogP contribution in [0.15, 0.2) is 79.9 Å². The molecule has 0 saturated heterocycles. The van der Waals surface area contributed by atoms with Gasteiger partial charge in [0.1, 0.15) is 0 Å². The third-order valence-corrected chi connectivity index (χ3v) is 3.70. The van der Waals surface area contributed by atoms with Gasteiger partial charge in [0.15, 0.2) is 0 Å². The number of rotatable bonds is 1. The molecule has 0 atom stereocenters. The van der Waals surface area contributed by atoms with Crippen molar-refractivity contribution in [1.82, 2.24) is 0 Å². The maximum atomic E-state index is 3.00. The van der Waals surface area contributed by atoms with Crippen LogP contribution in [0.3, 0.4) is 0 Å². The van der Waals surface area contributed by atoms with Crippen molar-refractivity contribution in [2.24, 2.45) is 0 Å². The van der Waals surface area contributed by atoms with E-state index in [9.17, 15) is 0 Å². The van der Waals surface area contributed by atoms with Gasteiger partial charge in [-0.1, -0.05) is 36.4 Å². The van der Waals surface area contributed by atoms with Gasteiger partial charge < -0.3 is 29.7 Å². The fourth-order valence-corrected chi connectivity index (χ4v) is 2.69. The molecule has 0 radical (unpaired) electrons. The zero-order chi connectivity index (χ0) is 16.7. The van der Waals surface area contributed by atoms with Gasteiger partial charge >= 0.3 is 26.2 Å². The van der Waals surface area contributed by atoms with Gasteiger partial charge in [0, 0.05) is 0 Å². The van der Waals surface area contributed by atoms with Crippen LogP contribution in [0.5, 0.6) is 0 Å². The first-order valence-electron chi connectivity index (χ1n) is 7.73. The van der Waals surface area contributed by atoms with E-state index in [2.05, 4.69) is 92.8 Å². The van der Waals surface area contributed by atoms with Gasteiger partial charge in [-0.25, -0.2) is 12.2 Å². The summed E-state index contributed by atoms with van der Waals surface area (Å²) in [7, 11) is 4.18. The van der Waals surface area contributed by atoms with Gasteiger partial charge in [-0.3, -0.25) is 6.08 Å². The van der Waals surface area contributed by atoms with Crippen LogP contribution >= 0.6 is 0 Å². The van der Waals surface area contributed by atoms with E-state index in [-0.39, 0.29) is 51.0 Å². The predicted molar refractivity (Wildman–Crippen MR) is 104 cm³/mol. The molecule has 0 bridgehead atoms. The van der Waals surface area contributed by atoms with Crippen molar-refractivity contribution in [3.05, 3.63) is 86.0 Å². The Morgan fingerprint density at radius 2 is 1.62 bits per heavy atom. The fraction of sp³-hybridized carbons (Fsp3) is 0.136. The Kier molecular flexibility index (Phi) is 14.5. The Hall–Kier alpha value is -1.21. The van der Waals surface area contributed by atoms with E-state index >= 15 is 0 Å². The van der Waals surface area contributed by atoms with E-state index in [0.717, 1.165) is 6.42 Å². The molecular weight excluding hydrogens is 440 g/mol. The number of halogens is 2. The number of anilines is 1. The molecule has 1 nitrogen and oxygen atoms in total. The molecule has 0 unspecified atom stereocenters. The van der Waals surface area contributed by atoms with E-state index in [1.165, 1.54) is 27.2 Å². The third kappa shape index (κ3) is 6.51. The Balaban J connectivity index is 0. The first-order chi connectivity index (χ1) is 11.3. The molecule has 0 heterocycles. The van der Waals surface area contributed by atoms with Gasteiger partial charge in [0.05, 0.1) is 0 Å². The summed E-state index contributed by atoms with van der Waals surface area (Å²) in [4.78, 5) is 2.17. The average Bonchev–Trinajstić information content (AvgIpc) is 3.27. The second kappa shape index (κ2) is 13.9. The molecule has 0 N–H and O–H groups in total. The summed E-state index contributed by atoms with van der Waals surface area (Å²) in [5, 5.41) is 5.36. The zero-order valence-electron chi connectivity index (χ0n) is 15.2. The number of hydrogen-bond donors (Lipinski definition) is 0. The second-order valence-electron chi connectivity index (χ2n) is 5.37. The second-order valence-corrected chi connectivity index (χ2v) is 5.37. The van der Waals surface area contributed by atoms with Gasteiger partial charge in [0.25, 0.3) is 0 Å². The van der Waals surface area contributed by atoms with Crippen LogP contribution in [0.1, 0.15) is 6.42 Å². The molecule has 0 aromatic heterocycles. The minimum atomic E-state index is 0. The van der Waals surface area contributed by atoms with Crippen LogP contribution in [0.2, 0.25) is 0 Å². The molecular formula is C22H23Cl2NZr. The van der Waals surface area contributed by atoms with Crippen LogP contribution in [0.25, 0.3) is 21.5 Å². The summed E-state index contributed by atoms with van der Waals surface area (Å²) in [6.45, 7) is 6.00. The van der Waals surface area contributed by atoms with E-state index in [1.54, 1.807) is 0 Å². The van der Waals surface area contributed by atoms with Crippen LogP contribution in [-0.2, 0) is 26.2 Å². The number of nitrogens with zero attached hydrogens (tertiary/aromatic N) is 1. The van der Waals surface area contributed by atoms with Gasteiger partial charge in [-0.05, 0) is 19.8 Å². The van der Waals surface area contributed by atoms with Crippen molar-refractivity contribution >= 4 is 27.2 Å². The Labute approximate surface area is 188 Å². The van der Waals surface area contributed by atoms with E-state index in [0.29, 0.717) is 0 Å². The number of allylic oxidation sites excluding steroid dienone is 4. The van der Waals surface area contributed by atoms with Crippen molar-refractivity contribution in [3.8, 4) is 0 Å². The number of hydrogen-bond acceptors (Lipinski definition) is 1. The summed E-state index contributed by atoms with van der Waals surface area (Å²) in [5.41, 5.74) is 1.29. The van der Waals surface area contributed by atoms with Crippen molar-refractivity contribution in [3.63, 3.8) is 0 Å². The quantitative estimate of drug-likeness (QED) is 0.360. The predicted octanol–water partition coefficient (Wildman–Crippen LogP) is -0.109. The Bertz CT molecular complexity index is 824. The smallest absolute Gasteiger partial charge is 1.00 e. The normalized spacial score (nSPS) is 10.4. The van der Waals surface area contributed by atoms with Crippen molar-refractivity contribution < 1.29 is 51.0 Å². The molecule has 3 aromatic carbocycles. The van der Waals surface area contributed by atoms with Gasteiger partial charge in [-0.2, -0.15) is 6.08 Å². The summed E-state index contributed by atoms with van der Waals surface area (Å²) in [6, 6.07) is 17.3. The van der Waals surface area contributed by atoms with Crippen LogP contribution in [0, 0.1) is 6.08 Å². The maximum Gasteiger partial charge on any atom is 4.00 e. The molecule has 0 fully saturated rings. The molecule has 3 aromatic rings. The van der Waals surface area contributed by atoms with E-state index in [1.807, 2.05) is 12.2 Å². The van der Waals surface area contributed by atoms with Crippen LogP contribution in [0.4, 0.5) is 5.69 Å². The van der Waals surface area contributed by atoms with Crippen LogP contribution < -0.4 is 29.7 Å². The van der Waals surface area contributed by atoms with Crippen molar-refractivity contribution in [2.75, 3.05) is 19.0 Å². The number of fused-ring (bicyclic) bond motifs is 3. The molecule has 4 rings (SSSR count). The Morgan fingerprint density at radius 1 is 0.962 bits per heavy atom. The summed E-state index contributed by atoms with van der Waals surface area (Å²) >= 11 is 0. The van der Waals surface area contributed by atoms with Crippen molar-refractivity contribution in [2.45, 2.75) is 6.42 Å². The standard InChI is InChI=1S/C15H14N.C5H5.C2H4.2ClH.Zr/c1-16(2)15-9-5-8-13-12-7-4-3-6-11(12)10-14(13)15;1-2-4-5-3-1;1-2;;;/h3-10H,1-2H3;1-3H,4H2;1-2H2;2*1H;/q2*-1;;;;+4/p-2. The molecule has 134 valence electrons. The number of benzene rings is 2. The largest absolute Gasteiger partial charge is 4.00 e. The third-order valence-electron chi connectivity index (χ3n) is 3.70. The first kappa shape index (κ1) is 27.0. The Morgan fingerprint density at radius 3 is 2.15 bits per heavy atom. The summed E-state index contributed by atoms with van der Waals surface area (Å²) in [6.07, 6.45) is 10.0. The first-order valence-corrected chi connectivity index (χ1v) is 7.73. The average molecular weight is 464 g/mol. The van der Waals surface area contributed by atoms with E-state index < -0.39 is 0 Å². The van der Waals surface area contributed by atoms with Gasteiger partial charge in [0.2, 0.25) is 0 Å². The SMILES string of the molecule is C=C.CN(C)c1cccc2c1[cH-]c1ccccc12.[C-]1=CC=CC1.[Cl-].[Cl-].[Zr+4]. The molecule has 4 heteroatoms. The zero-order valence-corrected chi connectivity index (χ0v) is 19.1. The molecule has 0 amide bonds. The topological polar surface area (TPSA) is 3.24 Å². The maximum absolute atomic E-state index is 3.00. The van der Waals surface area contributed by atoms with E-state index in [4.69, 9.17) is 0 Å². The molecule has 0 spiro atoms. The molecule has 1 aliphatic rings. The molecule has 1 aliphatic carbocycles. The van der Waals surface area contributed by atoms with Crippen LogP contribution in [-0.4, -0.2) is 14.1 Å². The monoisotopic (exact) mass is 461 g/mol. The minimum Gasteiger partial charge on any atom is -1.00 e. The summed E-state index contributed by atoms with van der Waals surface area (Å²) in [5.74, 6) is 0. The summed E-state index contributed by atoms with van der Waals surface area (Å²) < 4.78 is 0. The molecule has 0 aliphatic heterocycles. The molecule has 0 saturated carbocycles. The van der Waals surface area contributed by atoms with Crippen molar-refractivity contribution in [1.29, 1.82) is 0 Å². The van der Waals surface area contributed by atoms with Gasteiger partial charge in [-0.15, -0.1) is 53.3 Å².